The van der Waals surface area contributed by atoms with Gasteiger partial charge in [-0.1, -0.05) is 0 Å². The number of amides is 2. The predicted octanol–water partition coefficient (Wildman–Crippen LogP) is 0.368. The van der Waals surface area contributed by atoms with Crippen LogP contribution >= 0.6 is 0 Å². The number of rotatable bonds is 3. The fraction of sp³-hybridized carbons (Fsp3) is 0.583. The van der Waals surface area contributed by atoms with Crippen molar-refractivity contribution in [3.8, 4) is 0 Å². The molecule has 7 nitrogen and oxygen atoms in total. The topological polar surface area (TPSA) is 78.7 Å². The average Bonchev–Trinajstić information content (AvgIpc) is 3.12. The van der Waals surface area contributed by atoms with Crippen molar-refractivity contribution in [2.45, 2.75) is 32.0 Å². The second kappa shape index (κ2) is 4.56. The van der Waals surface area contributed by atoms with E-state index in [4.69, 9.17) is 5.11 Å². The van der Waals surface area contributed by atoms with E-state index >= 15 is 0 Å². The summed E-state index contributed by atoms with van der Waals surface area (Å²) in [4.78, 5) is 30.6. The SMILES string of the molecule is O=C(O)CN(C(=O)N1CCn2ccnc2C1)C1CC1. The summed E-state index contributed by atoms with van der Waals surface area (Å²) in [5.74, 6) is -0.107. The molecule has 2 amide bonds. The summed E-state index contributed by atoms with van der Waals surface area (Å²) in [7, 11) is 0. The molecule has 0 bridgehead atoms. The zero-order chi connectivity index (χ0) is 13.4. The number of fused-ring (bicyclic) bond motifs is 1. The van der Waals surface area contributed by atoms with Gasteiger partial charge in [-0.05, 0) is 12.8 Å². The molecular weight excluding hydrogens is 248 g/mol. The Morgan fingerprint density at radius 1 is 1.42 bits per heavy atom. The van der Waals surface area contributed by atoms with E-state index in [1.165, 1.54) is 4.90 Å². The summed E-state index contributed by atoms with van der Waals surface area (Å²) in [5, 5.41) is 8.90. The highest BCUT2D eigenvalue weighted by atomic mass is 16.4. The highest BCUT2D eigenvalue weighted by Gasteiger charge is 2.37. The van der Waals surface area contributed by atoms with Crippen LogP contribution in [0, 0.1) is 0 Å². The fourth-order valence-corrected chi connectivity index (χ4v) is 2.40. The quantitative estimate of drug-likeness (QED) is 0.855. The van der Waals surface area contributed by atoms with Crippen molar-refractivity contribution in [1.82, 2.24) is 19.4 Å². The van der Waals surface area contributed by atoms with Gasteiger partial charge >= 0.3 is 12.0 Å². The van der Waals surface area contributed by atoms with Gasteiger partial charge in [0.05, 0.1) is 6.54 Å². The van der Waals surface area contributed by atoms with Crippen molar-refractivity contribution in [1.29, 1.82) is 0 Å². The highest BCUT2D eigenvalue weighted by molar-refractivity contribution is 5.80. The van der Waals surface area contributed by atoms with Crippen LogP contribution in [0.5, 0.6) is 0 Å². The molecule has 0 aromatic carbocycles. The maximum absolute atomic E-state index is 12.4. The van der Waals surface area contributed by atoms with Gasteiger partial charge < -0.3 is 19.5 Å². The summed E-state index contributed by atoms with van der Waals surface area (Å²) in [6, 6.07) is -0.0792. The Morgan fingerprint density at radius 2 is 2.21 bits per heavy atom. The molecule has 0 atom stereocenters. The van der Waals surface area contributed by atoms with Crippen molar-refractivity contribution < 1.29 is 14.7 Å². The first-order chi connectivity index (χ1) is 9.15. The van der Waals surface area contributed by atoms with Gasteiger partial charge in [-0.25, -0.2) is 9.78 Å². The van der Waals surface area contributed by atoms with Gasteiger partial charge in [0, 0.05) is 31.5 Å². The molecule has 1 aliphatic heterocycles. The number of carbonyl (C=O) groups excluding carboxylic acids is 1. The lowest BCUT2D eigenvalue weighted by Crippen LogP contribution is -2.48. The molecule has 3 rings (SSSR count). The van der Waals surface area contributed by atoms with Crippen LogP contribution in [0.2, 0.25) is 0 Å². The first-order valence-corrected chi connectivity index (χ1v) is 6.42. The molecule has 2 aliphatic rings. The monoisotopic (exact) mass is 264 g/mol. The van der Waals surface area contributed by atoms with Crippen LogP contribution in [0.1, 0.15) is 18.7 Å². The lowest BCUT2D eigenvalue weighted by Gasteiger charge is -2.32. The summed E-state index contributed by atoms with van der Waals surface area (Å²) in [5.41, 5.74) is 0. The third-order valence-electron chi connectivity index (χ3n) is 3.55. The summed E-state index contributed by atoms with van der Waals surface area (Å²) in [6.07, 6.45) is 5.43. The third kappa shape index (κ3) is 2.40. The second-order valence-electron chi connectivity index (χ2n) is 4.99. The number of imidazole rings is 1. The van der Waals surface area contributed by atoms with Gasteiger partial charge in [-0.3, -0.25) is 4.79 Å². The molecule has 1 aromatic heterocycles. The van der Waals surface area contributed by atoms with Crippen LogP contribution in [0.15, 0.2) is 12.4 Å². The van der Waals surface area contributed by atoms with Crippen LogP contribution in [-0.4, -0.2) is 55.6 Å². The molecule has 0 saturated heterocycles. The number of hydrogen-bond acceptors (Lipinski definition) is 3. The number of carboxylic acid groups (broad SMARTS) is 1. The van der Waals surface area contributed by atoms with E-state index in [1.807, 2.05) is 10.8 Å². The first kappa shape index (κ1) is 12.0. The van der Waals surface area contributed by atoms with Gasteiger partial charge in [0.15, 0.2) is 0 Å². The van der Waals surface area contributed by atoms with Crippen molar-refractivity contribution in [3.63, 3.8) is 0 Å². The Morgan fingerprint density at radius 3 is 2.89 bits per heavy atom. The average molecular weight is 264 g/mol. The van der Waals surface area contributed by atoms with E-state index in [1.54, 1.807) is 11.1 Å². The minimum atomic E-state index is -0.959. The summed E-state index contributed by atoms with van der Waals surface area (Å²) < 4.78 is 2.02. The Hall–Kier alpha value is -2.05. The van der Waals surface area contributed by atoms with Gasteiger partial charge in [-0.2, -0.15) is 0 Å². The smallest absolute Gasteiger partial charge is 0.323 e. The zero-order valence-corrected chi connectivity index (χ0v) is 10.5. The van der Waals surface area contributed by atoms with E-state index in [9.17, 15) is 9.59 Å². The lowest BCUT2D eigenvalue weighted by atomic mass is 10.3. The van der Waals surface area contributed by atoms with E-state index in [-0.39, 0.29) is 18.6 Å². The normalized spacial score (nSPS) is 18.0. The number of carbonyl (C=O) groups is 2. The predicted molar refractivity (Wildman–Crippen MR) is 65.4 cm³/mol. The standard InChI is InChI=1S/C12H16N4O3/c17-11(18)8-16(9-1-2-9)12(19)15-6-5-14-4-3-13-10(14)7-15/h3-4,9H,1-2,5-8H2,(H,17,18). The van der Waals surface area contributed by atoms with E-state index in [0.717, 1.165) is 18.7 Å². The molecule has 19 heavy (non-hydrogen) atoms. The largest absolute Gasteiger partial charge is 0.480 e. The molecule has 0 radical (unpaired) electrons. The van der Waals surface area contributed by atoms with Crippen LogP contribution in [0.4, 0.5) is 4.79 Å². The highest BCUT2D eigenvalue weighted by Crippen LogP contribution is 2.28. The molecule has 1 N–H and O–H groups in total. The van der Waals surface area contributed by atoms with Gasteiger partial charge in [0.25, 0.3) is 0 Å². The van der Waals surface area contributed by atoms with Crippen molar-refractivity contribution in [2.24, 2.45) is 0 Å². The Bertz CT molecular complexity index is 509. The number of hydrogen-bond donors (Lipinski definition) is 1. The van der Waals surface area contributed by atoms with Crippen molar-refractivity contribution in [2.75, 3.05) is 13.1 Å². The number of carboxylic acids is 1. The van der Waals surface area contributed by atoms with Gasteiger partial charge in [-0.15, -0.1) is 0 Å². The molecule has 0 spiro atoms. The third-order valence-corrected chi connectivity index (χ3v) is 3.55. The van der Waals surface area contributed by atoms with Crippen LogP contribution < -0.4 is 0 Å². The van der Waals surface area contributed by atoms with Gasteiger partial charge in [0.1, 0.15) is 12.4 Å². The summed E-state index contributed by atoms with van der Waals surface area (Å²) >= 11 is 0. The number of aliphatic carboxylic acids is 1. The second-order valence-corrected chi connectivity index (χ2v) is 4.99. The molecule has 102 valence electrons. The Kier molecular flexibility index (Phi) is 2.88. The molecule has 1 aromatic rings. The summed E-state index contributed by atoms with van der Waals surface area (Å²) in [6.45, 7) is 1.56. The maximum atomic E-state index is 12.4. The van der Waals surface area contributed by atoms with E-state index < -0.39 is 5.97 Å². The lowest BCUT2D eigenvalue weighted by molar-refractivity contribution is -0.137. The molecule has 7 heteroatoms. The molecular formula is C12H16N4O3. The Balaban J connectivity index is 1.71. The van der Waals surface area contributed by atoms with Crippen molar-refractivity contribution in [3.05, 3.63) is 18.2 Å². The molecule has 1 aliphatic carbocycles. The van der Waals surface area contributed by atoms with E-state index in [0.29, 0.717) is 19.6 Å². The zero-order valence-electron chi connectivity index (χ0n) is 10.5. The van der Waals surface area contributed by atoms with Crippen LogP contribution in [0.25, 0.3) is 0 Å². The van der Waals surface area contributed by atoms with Crippen LogP contribution in [-0.2, 0) is 17.9 Å². The fourth-order valence-electron chi connectivity index (χ4n) is 2.40. The number of nitrogens with zero attached hydrogens (tertiary/aromatic N) is 4. The minimum Gasteiger partial charge on any atom is -0.480 e. The number of aromatic nitrogens is 2. The van der Waals surface area contributed by atoms with E-state index in [2.05, 4.69) is 4.98 Å². The molecule has 1 saturated carbocycles. The first-order valence-electron chi connectivity index (χ1n) is 6.42. The molecule has 1 fully saturated rings. The number of urea groups is 1. The minimum absolute atomic E-state index is 0.102. The molecule has 0 unspecified atom stereocenters. The molecule has 2 heterocycles. The van der Waals surface area contributed by atoms with Gasteiger partial charge in [0.2, 0.25) is 0 Å². The van der Waals surface area contributed by atoms with Crippen LogP contribution in [0.3, 0.4) is 0 Å². The Labute approximate surface area is 110 Å². The van der Waals surface area contributed by atoms with Crippen molar-refractivity contribution >= 4 is 12.0 Å². The maximum Gasteiger partial charge on any atom is 0.323 e.